The molecule has 1 N–H and O–H groups in total. The predicted molar refractivity (Wildman–Crippen MR) is 79.2 cm³/mol. The second-order valence-electron chi connectivity index (χ2n) is 6.28. The molecule has 0 spiro atoms. The van der Waals surface area contributed by atoms with E-state index in [-0.39, 0.29) is 5.54 Å². The van der Waals surface area contributed by atoms with E-state index in [0.717, 1.165) is 25.4 Å². The average Bonchev–Trinajstić information content (AvgIpc) is 2.97. The molecule has 0 fully saturated rings. The number of hydrogen-bond donors (Lipinski definition) is 1. The standard InChI is InChI=1S/C16H24N2O2/c1-16(2,3)17-9-14-6-8-20-15(14)11-18(4)10-13-5-7-19-12-13/h5-8,12,17H,9-11H2,1-4H3. The third kappa shape index (κ3) is 4.54. The molecule has 0 radical (unpaired) electrons. The first kappa shape index (κ1) is 14.9. The van der Waals surface area contributed by atoms with Crippen molar-refractivity contribution in [1.29, 1.82) is 0 Å². The first-order chi connectivity index (χ1) is 9.44. The van der Waals surface area contributed by atoms with Gasteiger partial charge in [0.1, 0.15) is 5.76 Å². The highest BCUT2D eigenvalue weighted by Gasteiger charge is 2.13. The first-order valence-corrected chi connectivity index (χ1v) is 6.94. The van der Waals surface area contributed by atoms with Crippen LogP contribution in [0.25, 0.3) is 0 Å². The number of furan rings is 2. The van der Waals surface area contributed by atoms with E-state index in [1.54, 1.807) is 18.8 Å². The zero-order valence-electron chi connectivity index (χ0n) is 12.8. The number of rotatable bonds is 6. The molecule has 110 valence electrons. The molecule has 0 amide bonds. The lowest BCUT2D eigenvalue weighted by Crippen LogP contribution is -2.35. The Morgan fingerprint density at radius 1 is 1.15 bits per heavy atom. The molecule has 0 saturated heterocycles. The van der Waals surface area contributed by atoms with Gasteiger partial charge in [0, 0.05) is 29.8 Å². The van der Waals surface area contributed by atoms with Gasteiger partial charge in [-0.1, -0.05) is 0 Å². The lowest BCUT2D eigenvalue weighted by atomic mass is 10.1. The highest BCUT2D eigenvalue weighted by molar-refractivity contribution is 5.17. The molecule has 2 heterocycles. The highest BCUT2D eigenvalue weighted by atomic mass is 16.3. The molecule has 2 rings (SSSR count). The van der Waals surface area contributed by atoms with Crippen molar-refractivity contribution in [2.24, 2.45) is 0 Å². The van der Waals surface area contributed by atoms with Crippen LogP contribution in [-0.2, 0) is 19.6 Å². The molecule has 2 aromatic rings. The largest absolute Gasteiger partial charge is 0.472 e. The maximum Gasteiger partial charge on any atom is 0.122 e. The molecule has 20 heavy (non-hydrogen) atoms. The van der Waals surface area contributed by atoms with Gasteiger partial charge >= 0.3 is 0 Å². The third-order valence-electron chi connectivity index (χ3n) is 3.09. The molecule has 0 unspecified atom stereocenters. The van der Waals surface area contributed by atoms with Crippen molar-refractivity contribution in [1.82, 2.24) is 10.2 Å². The van der Waals surface area contributed by atoms with Crippen molar-refractivity contribution < 1.29 is 8.83 Å². The Bertz CT molecular complexity index is 509. The van der Waals surface area contributed by atoms with Crippen LogP contribution in [0.1, 0.15) is 37.7 Å². The summed E-state index contributed by atoms with van der Waals surface area (Å²) in [6, 6.07) is 4.03. The Balaban J connectivity index is 1.91. The number of hydrogen-bond acceptors (Lipinski definition) is 4. The fourth-order valence-corrected chi connectivity index (χ4v) is 2.02. The Kier molecular flexibility index (Phi) is 4.68. The van der Waals surface area contributed by atoms with E-state index in [1.807, 2.05) is 12.1 Å². The highest BCUT2D eigenvalue weighted by Crippen LogP contribution is 2.15. The number of nitrogens with zero attached hydrogens (tertiary/aromatic N) is 1. The average molecular weight is 276 g/mol. The molecule has 2 aromatic heterocycles. The summed E-state index contributed by atoms with van der Waals surface area (Å²) in [7, 11) is 2.08. The predicted octanol–water partition coefficient (Wildman–Crippen LogP) is 3.39. The van der Waals surface area contributed by atoms with E-state index in [9.17, 15) is 0 Å². The smallest absolute Gasteiger partial charge is 0.122 e. The third-order valence-corrected chi connectivity index (χ3v) is 3.09. The van der Waals surface area contributed by atoms with Gasteiger partial charge in [-0.25, -0.2) is 0 Å². The van der Waals surface area contributed by atoms with Gasteiger partial charge < -0.3 is 14.2 Å². The summed E-state index contributed by atoms with van der Waals surface area (Å²) >= 11 is 0. The van der Waals surface area contributed by atoms with E-state index in [0.29, 0.717) is 0 Å². The molecular weight excluding hydrogens is 252 g/mol. The summed E-state index contributed by atoms with van der Waals surface area (Å²) in [6.45, 7) is 8.96. The van der Waals surface area contributed by atoms with E-state index >= 15 is 0 Å². The Labute approximate surface area is 120 Å². The lowest BCUT2D eigenvalue weighted by molar-refractivity contribution is 0.284. The van der Waals surface area contributed by atoms with Crippen LogP contribution in [0.2, 0.25) is 0 Å². The van der Waals surface area contributed by atoms with Crippen LogP contribution in [0.15, 0.2) is 39.8 Å². The van der Waals surface area contributed by atoms with Crippen molar-refractivity contribution >= 4 is 0 Å². The maximum atomic E-state index is 5.61. The summed E-state index contributed by atoms with van der Waals surface area (Å²) in [5, 5.41) is 3.49. The van der Waals surface area contributed by atoms with E-state index < -0.39 is 0 Å². The second-order valence-corrected chi connectivity index (χ2v) is 6.28. The molecule has 0 aromatic carbocycles. The van der Waals surface area contributed by atoms with Gasteiger partial charge in [0.2, 0.25) is 0 Å². The lowest BCUT2D eigenvalue weighted by Gasteiger charge is -2.21. The Morgan fingerprint density at radius 3 is 2.60 bits per heavy atom. The van der Waals surface area contributed by atoms with Gasteiger partial charge in [0.05, 0.1) is 25.3 Å². The van der Waals surface area contributed by atoms with Crippen LogP contribution in [0.3, 0.4) is 0 Å². The molecule has 0 saturated carbocycles. The second kappa shape index (κ2) is 6.29. The molecular formula is C16H24N2O2. The molecule has 4 heteroatoms. The van der Waals surface area contributed by atoms with Crippen LogP contribution in [0.4, 0.5) is 0 Å². The van der Waals surface area contributed by atoms with E-state index in [4.69, 9.17) is 8.83 Å². The zero-order valence-corrected chi connectivity index (χ0v) is 12.8. The van der Waals surface area contributed by atoms with Gasteiger partial charge in [0.15, 0.2) is 0 Å². The van der Waals surface area contributed by atoms with Crippen molar-refractivity contribution in [3.63, 3.8) is 0 Å². The van der Waals surface area contributed by atoms with E-state index in [1.165, 1.54) is 11.1 Å². The van der Waals surface area contributed by atoms with Crippen LogP contribution in [0, 0.1) is 0 Å². The molecule has 0 bridgehead atoms. The van der Waals surface area contributed by atoms with Gasteiger partial charge in [-0.2, -0.15) is 0 Å². The Hall–Kier alpha value is -1.52. The molecule has 0 aliphatic rings. The SMILES string of the molecule is CN(Cc1ccoc1)Cc1occc1CNC(C)(C)C. The minimum Gasteiger partial charge on any atom is -0.472 e. The fourth-order valence-electron chi connectivity index (χ4n) is 2.02. The minimum absolute atomic E-state index is 0.108. The zero-order chi connectivity index (χ0) is 14.6. The van der Waals surface area contributed by atoms with Crippen molar-refractivity contribution in [2.75, 3.05) is 7.05 Å². The normalized spacial score (nSPS) is 12.2. The summed E-state index contributed by atoms with van der Waals surface area (Å²) in [4.78, 5) is 2.21. The van der Waals surface area contributed by atoms with E-state index in [2.05, 4.69) is 38.0 Å². The molecule has 4 nitrogen and oxygen atoms in total. The van der Waals surface area contributed by atoms with Crippen LogP contribution < -0.4 is 5.32 Å². The Morgan fingerprint density at radius 2 is 1.95 bits per heavy atom. The van der Waals surface area contributed by atoms with Crippen LogP contribution in [-0.4, -0.2) is 17.5 Å². The minimum atomic E-state index is 0.108. The molecule has 0 aliphatic carbocycles. The van der Waals surface area contributed by atoms with Gasteiger partial charge in [-0.05, 0) is 40.0 Å². The van der Waals surface area contributed by atoms with Crippen LogP contribution in [0.5, 0.6) is 0 Å². The summed E-state index contributed by atoms with van der Waals surface area (Å²) < 4.78 is 10.7. The summed E-state index contributed by atoms with van der Waals surface area (Å²) in [5.41, 5.74) is 2.50. The summed E-state index contributed by atoms with van der Waals surface area (Å²) in [5.74, 6) is 1.02. The van der Waals surface area contributed by atoms with Crippen molar-refractivity contribution in [3.8, 4) is 0 Å². The monoisotopic (exact) mass is 276 g/mol. The number of nitrogens with one attached hydrogen (secondary N) is 1. The quantitative estimate of drug-likeness (QED) is 0.878. The van der Waals surface area contributed by atoms with Crippen molar-refractivity contribution in [2.45, 2.75) is 45.9 Å². The van der Waals surface area contributed by atoms with Gasteiger partial charge in [0.25, 0.3) is 0 Å². The van der Waals surface area contributed by atoms with Crippen LogP contribution >= 0.6 is 0 Å². The van der Waals surface area contributed by atoms with Crippen molar-refractivity contribution in [3.05, 3.63) is 47.8 Å². The fraction of sp³-hybridized carbons (Fsp3) is 0.500. The topological polar surface area (TPSA) is 41.6 Å². The van der Waals surface area contributed by atoms with Gasteiger partial charge in [-0.3, -0.25) is 4.90 Å². The molecule has 0 atom stereocenters. The summed E-state index contributed by atoms with van der Waals surface area (Å²) in [6.07, 6.45) is 5.25. The molecule has 0 aliphatic heterocycles. The maximum absolute atomic E-state index is 5.61. The first-order valence-electron chi connectivity index (χ1n) is 6.94. The van der Waals surface area contributed by atoms with Gasteiger partial charge in [-0.15, -0.1) is 0 Å².